The highest BCUT2D eigenvalue weighted by Gasteiger charge is 1.91. The van der Waals surface area contributed by atoms with Crippen LogP contribution in [0.3, 0.4) is 0 Å². The SMILES string of the molecule is [CH2]C(C)CCCCO. The minimum Gasteiger partial charge on any atom is -0.396 e. The molecular formula is C7H15O. The van der Waals surface area contributed by atoms with Gasteiger partial charge in [-0.25, -0.2) is 0 Å². The van der Waals surface area contributed by atoms with E-state index in [9.17, 15) is 0 Å². The number of aliphatic hydroxyl groups is 1. The second-order valence-corrected chi connectivity index (χ2v) is 2.32. The van der Waals surface area contributed by atoms with Crippen LogP contribution in [0.1, 0.15) is 26.2 Å². The molecule has 1 unspecified atom stereocenters. The molecule has 0 fully saturated rings. The first-order valence-electron chi connectivity index (χ1n) is 3.21. The number of hydrogen-bond donors (Lipinski definition) is 1. The molecule has 0 aliphatic heterocycles. The Morgan fingerprint density at radius 3 is 2.50 bits per heavy atom. The van der Waals surface area contributed by atoms with Crippen molar-refractivity contribution < 1.29 is 5.11 Å². The van der Waals surface area contributed by atoms with E-state index in [1.54, 1.807) is 0 Å². The van der Waals surface area contributed by atoms with Crippen molar-refractivity contribution >= 4 is 0 Å². The Balaban J connectivity index is 2.72. The van der Waals surface area contributed by atoms with Crippen LogP contribution in [0.25, 0.3) is 0 Å². The topological polar surface area (TPSA) is 20.2 Å². The maximum absolute atomic E-state index is 8.36. The van der Waals surface area contributed by atoms with Crippen LogP contribution in [0, 0.1) is 12.8 Å². The molecule has 0 saturated carbocycles. The molecule has 1 heteroatoms. The summed E-state index contributed by atoms with van der Waals surface area (Å²) in [6, 6.07) is 0. The zero-order valence-electron chi connectivity index (χ0n) is 5.56. The molecule has 8 heavy (non-hydrogen) atoms. The van der Waals surface area contributed by atoms with E-state index in [2.05, 4.69) is 13.8 Å². The summed E-state index contributed by atoms with van der Waals surface area (Å²) >= 11 is 0. The van der Waals surface area contributed by atoms with Gasteiger partial charge in [-0.2, -0.15) is 0 Å². The number of aliphatic hydroxyl groups excluding tert-OH is 1. The summed E-state index contributed by atoms with van der Waals surface area (Å²) in [5.74, 6) is 0.543. The summed E-state index contributed by atoms with van der Waals surface area (Å²) in [6.45, 7) is 6.25. The Morgan fingerprint density at radius 1 is 1.50 bits per heavy atom. The van der Waals surface area contributed by atoms with Crippen LogP contribution in [0.5, 0.6) is 0 Å². The van der Waals surface area contributed by atoms with E-state index in [1.165, 1.54) is 0 Å². The molecule has 0 aromatic carbocycles. The summed E-state index contributed by atoms with van der Waals surface area (Å²) in [6.07, 6.45) is 3.18. The van der Waals surface area contributed by atoms with Gasteiger partial charge in [0.15, 0.2) is 0 Å². The van der Waals surface area contributed by atoms with Gasteiger partial charge in [0.05, 0.1) is 0 Å². The Hall–Kier alpha value is -0.0400. The van der Waals surface area contributed by atoms with Crippen molar-refractivity contribution in [3.05, 3.63) is 6.92 Å². The Labute approximate surface area is 51.7 Å². The van der Waals surface area contributed by atoms with Crippen molar-refractivity contribution in [2.75, 3.05) is 6.61 Å². The van der Waals surface area contributed by atoms with E-state index in [-0.39, 0.29) is 0 Å². The molecule has 0 aliphatic rings. The number of unbranched alkanes of at least 4 members (excludes halogenated alkanes) is 1. The highest BCUT2D eigenvalue weighted by atomic mass is 16.2. The fourth-order valence-electron chi connectivity index (χ4n) is 0.605. The van der Waals surface area contributed by atoms with E-state index in [0.29, 0.717) is 12.5 Å². The maximum atomic E-state index is 8.36. The van der Waals surface area contributed by atoms with Crippen LogP contribution in [-0.4, -0.2) is 11.7 Å². The van der Waals surface area contributed by atoms with Crippen molar-refractivity contribution in [3.8, 4) is 0 Å². The minimum atomic E-state index is 0.326. The second kappa shape index (κ2) is 5.10. The zero-order chi connectivity index (χ0) is 6.41. The van der Waals surface area contributed by atoms with Gasteiger partial charge in [-0.05, 0) is 12.3 Å². The molecule has 1 atom stereocenters. The molecule has 0 bridgehead atoms. The first kappa shape index (κ1) is 7.96. The minimum absolute atomic E-state index is 0.326. The predicted molar refractivity (Wildman–Crippen MR) is 35.5 cm³/mol. The molecule has 0 saturated heterocycles. The molecule has 49 valence electrons. The monoisotopic (exact) mass is 115 g/mol. The van der Waals surface area contributed by atoms with E-state index in [4.69, 9.17) is 5.11 Å². The molecule has 1 radical (unpaired) electrons. The summed E-state index contributed by atoms with van der Waals surface area (Å²) in [5.41, 5.74) is 0. The average molecular weight is 115 g/mol. The smallest absolute Gasteiger partial charge is 0.0431 e. The van der Waals surface area contributed by atoms with Crippen LogP contribution in [0.2, 0.25) is 0 Å². The van der Waals surface area contributed by atoms with Crippen LogP contribution in [0.4, 0.5) is 0 Å². The van der Waals surface area contributed by atoms with Crippen LogP contribution in [-0.2, 0) is 0 Å². The lowest BCUT2D eigenvalue weighted by Crippen LogP contribution is -1.89. The van der Waals surface area contributed by atoms with Crippen LogP contribution in [0.15, 0.2) is 0 Å². The molecule has 0 heterocycles. The first-order valence-corrected chi connectivity index (χ1v) is 3.21. The Bertz CT molecular complexity index is 41.7. The molecule has 0 rings (SSSR count). The van der Waals surface area contributed by atoms with Gasteiger partial charge in [-0.1, -0.05) is 26.7 Å². The first-order chi connectivity index (χ1) is 3.77. The normalized spacial score (nSPS) is 10.5. The van der Waals surface area contributed by atoms with Gasteiger partial charge >= 0.3 is 0 Å². The molecule has 0 aromatic heterocycles. The fourth-order valence-corrected chi connectivity index (χ4v) is 0.605. The molecular weight excluding hydrogens is 100 g/mol. The summed E-state index contributed by atoms with van der Waals surface area (Å²) in [4.78, 5) is 0. The van der Waals surface area contributed by atoms with Gasteiger partial charge in [-0.3, -0.25) is 0 Å². The van der Waals surface area contributed by atoms with Crippen molar-refractivity contribution in [1.82, 2.24) is 0 Å². The maximum Gasteiger partial charge on any atom is 0.0431 e. The third kappa shape index (κ3) is 5.96. The van der Waals surface area contributed by atoms with Crippen molar-refractivity contribution in [3.63, 3.8) is 0 Å². The van der Waals surface area contributed by atoms with Gasteiger partial charge < -0.3 is 5.11 Å². The largest absolute Gasteiger partial charge is 0.396 e. The Kier molecular flexibility index (Phi) is 5.08. The van der Waals surface area contributed by atoms with Gasteiger partial charge in [0.25, 0.3) is 0 Å². The molecule has 1 nitrogen and oxygen atoms in total. The van der Waals surface area contributed by atoms with Crippen LogP contribution >= 0.6 is 0 Å². The fraction of sp³-hybridized carbons (Fsp3) is 0.857. The Morgan fingerprint density at radius 2 is 2.12 bits per heavy atom. The van der Waals surface area contributed by atoms with Crippen LogP contribution < -0.4 is 0 Å². The van der Waals surface area contributed by atoms with Crippen molar-refractivity contribution in [1.29, 1.82) is 0 Å². The third-order valence-electron chi connectivity index (χ3n) is 1.11. The van der Waals surface area contributed by atoms with Crippen molar-refractivity contribution in [2.24, 2.45) is 5.92 Å². The summed E-state index contributed by atoms with van der Waals surface area (Å²) in [5, 5.41) is 8.36. The van der Waals surface area contributed by atoms with Gasteiger partial charge in [-0.15, -0.1) is 0 Å². The lowest BCUT2D eigenvalue weighted by Gasteiger charge is -2.00. The van der Waals surface area contributed by atoms with Gasteiger partial charge in [0.1, 0.15) is 0 Å². The number of hydrogen-bond acceptors (Lipinski definition) is 1. The molecule has 1 N–H and O–H groups in total. The molecule has 0 aromatic rings. The summed E-state index contributed by atoms with van der Waals surface area (Å²) in [7, 11) is 0. The second-order valence-electron chi connectivity index (χ2n) is 2.32. The molecule has 0 spiro atoms. The molecule has 0 amide bonds. The van der Waals surface area contributed by atoms with E-state index >= 15 is 0 Å². The average Bonchev–Trinajstić information content (AvgIpc) is 1.66. The lowest BCUT2D eigenvalue weighted by molar-refractivity contribution is 0.281. The quantitative estimate of drug-likeness (QED) is 0.552. The van der Waals surface area contributed by atoms with E-state index < -0.39 is 0 Å². The standard InChI is InChI=1S/C7H15O/c1-7(2)5-3-4-6-8/h7-8H,1,3-6H2,2H3. The number of rotatable bonds is 4. The predicted octanol–water partition coefficient (Wildman–Crippen LogP) is 1.62. The zero-order valence-corrected chi connectivity index (χ0v) is 5.56. The highest BCUT2D eigenvalue weighted by Crippen LogP contribution is 2.04. The van der Waals surface area contributed by atoms with E-state index in [0.717, 1.165) is 19.3 Å². The van der Waals surface area contributed by atoms with Gasteiger partial charge in [0, 0.05) is 6.61 Å². The third-order valence-corrected chi connectivity index (χ3v) is 1.11. The molecule has 0 aliphatic carbocycles. The van der Waals surface area contributed by atoms with Crippen molar-refractivity contribution in [2.45, 2.75) is 26.2 Å². The van der Waals surface area contributed by atoms with E-state index in [1.807, 2.05) is 0 Å². The summed E-state index contributed by atoms with van der Waals surface area (Å²) < 4.78 is 0. The highest BCUT2D eigenvalue weighted by molar-refractivity contribution is 4.52. The van der Waals surface area contributed by atoms with Gasteiger partial charge in [0.2, 0.25) is 0 Å². The lowest BCUT2D eigenvalue weighted by atomic mass is 10.1.